The Labute approximate surface area is 129 Å². The topological polar surface area (TPSA) is 46.7 Å². The molecule has 0 N–H and O–H groups in total. The summed E-state index contributed by atoms with van der Waals surface area (Å²) in [5.74, 6) is 0. The van der Waals surface area contributed by atoms with Crippen LogP contribution in [0.3, 0.4) is 0 Å². The molecule has 0 spiro atoms. The molecule has 0 radical (unpaired) electrons. The highest BCUT2D eigenvalue weighted by Crippen LogP contribution is 2.45. The smallest absolute Gasteiger partial charge is 0.208 e. The molecule has 3 aromatic carbocycles. The molecule has 0 saturated carbocycles. The van der Waals surface area contributed by atoms with Crippen molar-refractivity contribution in [3.8, 4) is 0 Å². The Morgan fingerprint density at radius 1 is 0.773 bits per heavy atom. The summed E-state index contributed by atoms with van der Waals surface area (Å²) in [5.41, 5.74) is 0.124. The van der Waals surface area contributed by atoms with Gasteiger partial charge in [-0.1, -0.05) is 54.6 Å². The van der Waals surface area contributed by atoms with Gasteiger partial charge in [0.1, 0.15) is 6.10 Å². The van der Waals surface area contributed by atoms with Crippen molar-refractivity contribution in [3.05, 3.63) is 78.4 Å². The normalized spacial score (nSPS) is 20.9. The lowest BCUT2D eigenvalue weighted by atomic mass is 10.1. The van der Waals surface area contributed by atoms with Crippen LogP contribution in [0.5, 0.6) is 0 Å². The van der Waals surface area contributed by atoms with Gasteiger partial charge in [0, 0.05) is 0 Å². The van der Waals surface area contributed by atoms with Crippen molar-refractivity contribution in [2.45, 2.75) is 16.4 Å². The summed E-state index contributed by atoms with van der Waals surface area (Å²) in [6.45, 7) is 0. The highest BCUT2D eigenvalue weighted by Gasteiger charge is 2.50. The number of fused-ring (bicyclic) bond motifs is 1. The van der Waals surface area contributed by atoms with Gasteiger partial charge in [0.15, 0.2) is 5.44 Å². The molecule has 0 bridgehead atoms. The molecule has 1 saturated heterocycles. The monoisotopic (exact) mass is 310 g/mol. The lowest BCUT2D eigenvalue weighted by Gasteiger charge is -2.02. The average Bonchev–Trinajstić information content (AvgIpc) is 3.37. The van der Waals surface area contributed by atoms with E-state index in [1.54, 1.807) is 30.3 Å². The Kier molecular flexibility index (Phi) is 3.03. The van der Waals surface area contributed by atoms with Gasteiger partial charge in [-0.25, -0.2) is 8.42 Å². The quantitative estimate of drug-likeness (QED) is 0.693. The molecule has 110 valence electrons. The molecular formula is C18H14O3S. The second kappa shape index (κ2) is 4.93. The van der Waals surface area contributed by atoms with Crippen LogP contribution in [0.2, 0.25) is 0 Å². The second-order valence-electron chi connectivity index (χ2n) is 5.39. The van der Waals surface area contributed by atoms with E-state index in [4.69, 9.17) is 4.74 Å². The number of hydrogen-bond acceptors (Lipinski definition) is 3. The molecule has 1 heterocycles. The maximum Gasteiger partial charge on any atom is 0.208 e. The van der Waals surface area contributed by atoms with Crippen molar-refractivity contribution < 1.29 is 13.2 Å². The van der Waals surface area contributed by atoms with Crippen LogP contribution in [0.1, 0.15) is 11.7 Å². The number of hydrogen-bond donors (Lipinski definition) is 0. The van der Waals surface area contributed by atoms with E-state index in [-0.39, 0.29) is 6.10 Å². The minimum Gasteiger partial charge on any atom is -0.347 e. The molecule has 3 nitrogen and oxygen atoms in total. The molecule has 0 aromatic heterocycles. The zero-order valence-corrected chi connectivity index (χ0v) is 12.5. The third kappa shape index (κ3) is 2.21. The highest BCUT2D eigenvalue weighted by molar-refractivity contribution is 7.92. The van der Waals surface area contributed by atoms with Crippen molar-refractivity contribution in [1.82, 2.24) is 0 Å². The largest absolute Gasteiger partial charge is 0.347 e. The van der Waals surface area contributed by atoms with Gasteiger partial charge >= 0.3 is 0 Å². The fourth-order valence-corrected chi connectivity index (χ4v) is 4.25. The zero-order valence-electron chi connectivity index (χ0n) is 11.7. The van der Waals surface area contributed by atoms with Gasteiger partial charge in [-0.15, -0.1) is 0 Å². The van der Waals surface area contributed by atoms with Crippen molar-refractivity contribution in [2.24, 2.45) is 0 Å². The van der Waals surface area contributed by atoms with E-state index < -0.39 is 15.3 Å². The third-order valence-electron chi connectivity index (χ3n) is 3.93. The molecular weight excluding hydrogens is 296 g/mol. The predicted octanol–water partition coefficient (Wildman–Crippen LogP) is 3.71. The van der Waals surface area contributed by atoms with E-state index in [1.807, 2.05) is 42.5 Å². The predicted molar refractivity (Wildman–Crippen MR) is 85.2 cm³/mol. The fourth-order valence-electron chi connectivity index (χ4n) is 2.70. The number of epoxide rings is 1. The Morgan fingerprint density at radius 2 is 1.45 bits per heavy atom. The van der Waals surface area contributed by atoms with Crippen LogP contribution in [0.4, 0.5) is 0 Å². The SMILES string of the molecule is O=S(=O)(c1ccccc1)[C@H]1O[C@@H]1c1ccc2ccccc2c1. The van der Waals surface area contributed by atoms with E-state index in [0.717, 1.165) is 16.3 Å². The van der Waals surface area contributed by atoms with Crippen molar-refractivity contribution >= 4 is 20.6 Å². The van der Waals surface area contributed by atoms with Gasteiger partial charge in [-0.05, 0) is 34.5 Å². The van der Waals surface area contributed by atoms with E-state index in [0.29, 0.717) is 4.90 Å². The molecule has 4 heteroatoms. The van der Waals surface area contributed by atoms with Crippen molar-refractivity contribution in [1.29, 1.82) is 0 Å². The van der Waals surface area contributed by atoms with Crippen LogP contribution in [0.25, 0.3) is 10.8 Å². The molecule has 0 amide bonds. The fraction of sp³-hybridized carbons (Fsp3) is 0.111. The number of sulfone groups is 1. The first-order valence-electron chi connectivity index (χ1n) is 7.09. The first-order chi connectivity index (χ1) is 10.7. The Bertz CT molecular complexity index is 933. The van der Waals surface area contributed by atoms with Crippen molar-refractivity contribution in [3.63, 3.8) is 0 Å². The molecule has 3 aromatic rings. The lowest BCUT2D eigenvalue weighted by molar-refractivity contribution is 0.399. The summed E-state index contributed by atoms with van der Waals surface area (Å²) in [6.07, 6.45) is -0.380. The summed E-state index contributed by atoms with van der Waals surface area (Å²) in [4.78, 5) is 0.309. The molecule has 22 heavy (non-hydrogen) atoms. The van der Waals surface area contributed by atoms with Gasteiger partial charge in [-0.3, -0.25) is 0 Å². The second-order valence-corrected chi connectivity index (χ2v) is 7.42. The van der Waals surface area contributed by atoms with Crippen LogP contribution < -0.4 is 0 Å². The standard InChI is InChI=1S/C18H14O3S/c19-22(20,16-8-2-1-3-9-16)18-17(21-18)15-11-10-13-6-4-5-7-14(13)12-15/h1-12,17-18H/t17-,18-/m1/s1. The maximum atomic E-state index is 12.5. The van der Waals surface area contributed by atoms with Gasteiger partial charge < -0.3 is 4.74 Å². The summed E-state index contributed by atoms with van der Waals surface area (Å²) in [6, 6.07) is 22.4. The van der Waals surface area contributed by atoms with E-state index >= 15 is 0 Å². The Balaban J connectivity index is 1.66. The zero-order chi connectivity index (χ0) is 15.2. The Hall–Kier alpha value is -2.17. The van der Waals surface area contributed by atoms with Crippen molar-refractivity contribution in [2.75, 3.05) is 0 Å². The van der Waals surface area contributed by atoms with Crippen LogP contribution in [-0.2, 0) is 14.6 Å². The van der Waals surface area contributed by atoms with Crippen LogP contribution in [-0.4, -0.2) is 13.9 Å². The first-order valence-corrected chi connectivity index (χ1v) is 8.64. The molecule has 4 rings (SSSR count). The number of ether oxygens (including phenoxy) is 1. The highest BCUT2D eigenvalue weighted by atomic mass is 32.2. The summed E-state index contributed by atoms with van der Waals surface area (Å²) in [7, 11) is -3.44. The maximum absolute atomic E-state index is 12.5. The third-order valence-corrected chi connectivity index (χ3v) is 5.83. The first kappa shape index (κ1) is 13.5. The Morgan fingerprint density at radius 3 is 2.23 bits per heavy atom. The molecule has 1 fully saturated rings. The van der Waals surface area contributed by atoms with Gasteiger partial charge in [0.2, 0.25) is 9.84 Å². The minimum atomic E-state index is -3.44. The van der Waals surface area contributed by atoms with Crippen LogP contribution >= 0.6 is 0 Å². The summed E-state index contributed by atoms with van der Waals surface area (Å²) in [5, 5.41) is 2.22. The summed E-state index contributed by atoms with van der Waals surface area (Å²) >= 11 is 0. The molecule has 2 atom stereocenters. The van der Waals surface area contributed by atoms with E-state index in [1.165, 1.54) is 0 Å². The molecule has 1 aliphatic rings. The lowest BCUT2D eigenvalue weighted by Crippen LogP contribution is -2.09. The van der Waals surface area contributed by atoms with E-state index in [2.05, 4.69) is 0 Å². The van der Waals surface area contributed by atoms with E-state index in [9.17, 15) is 8.42 Å². The van der Waals surface area contributed by atoms with Gasteiger partial charge in [0.25, 0.3) is 0 Å². The van der Waals surface area contributed by atoms with Gasteiger partial charge in [-0.2, -0.15) is 0 Å². The average molecular weight is 310 g/mol. The van der Waals surface area contributed by atoms with Crippen LogP contribution in [0, 0.1) is 0 Å². The molecule has 0 aliphatic carbocycles. The molecule has 0 unspecified atom stereocenters. The summed E-state index contributed by atoms with van der Waals surface area (Å²) < 4.78 is 30.5. The number of rotatable bonds is 3. The minimum absolute atomic E-state index is 0.309. The number of benzene rings is 3. The van der Waals surface area contributed by atoms with Gasteiger partial charge in [0.05, 0.1) is 4.90 Å². The van der Waals surface area contributed by atoms with Crippen LogP contribution in [0.15, 0.2) is 77.7 Å². The molecule has 1 aliphatic heterocycles.